The number of aromatic nitrogens is 4. The Hall–Kier alpha value is -2.76. The molecule has 0 aliphatic heterocycles. The van der Waals surface area contributed by atoms with Crippen LogP contribution in [0.5, 0.6) is 11.8 Å². The lowest BCUT2D eigenvalue weighted by Gasteiger charge is -2.07. The molecule has 3 rings (SSSR count). The first-order chi connectivity index (χ1) is 9.72. The molecule has 0 atom stereocenters. The zero-order valence-electron chi connectivity index (χ0n) is 10.7. The maximum atomic E-state index is 13.0. The Balaban J connectivity index is 1.89. The monoisotopic (exact) mass is 270 g/mol. The molecule has 0 bridgehead atoms. The van der Waals surface area contributed by atoms with Crippen molar-refractivity contribution in [3.63, 3.8) is 0 Å². The number of hydrogen-bond acceptors (Lipinski definition) is 4. The Kier molecular flexibility index (Phi) is 3.12. The number of halogens is 1. The van der Waals surface area contributed by atoms with Crippen molar-refractivity contribution in [2.75, 3.05) is 0 Å². The number of aromatic amines is 1. The molecule has 0 saturated heterocycles. The standard InChI is InChI=1S/C14H11FN4O/c1-9-6-11(15)2-3-13(9)20-14-16-5-4-12(19-14)10-7-17-18-8-10/h2-8H,1H3,(H,17,18). The first kappa shape index (κ1) is 12.3. The summed E-state index contributed by atoms with van der Waals surface area (Å²) >= 11 is 0. The fourth-order valence-electron chi connectivity index (χ4n) is 1.77. The van der Waals surface area contributed by atoms with Crippen LogP contribution in [0.15, 0.2) is 42.9 Å². The number of nitrogens with zero attached hydrogens (tertiary/aromatic N) is 3. The summed E-state index contributed by atoms with van der Waals surface area (Å²) in [6.45, 7) is 1.76. The van der Waals surface area contributed by atoms with Crippen molar-refractivity contribution in [1.82, 2.24) is 20.2 Å². The lowest BCUT2D eigenvalue weighted by molar-refractivity contribution is 0.438. The maximum Gasteiger partial charge on any atom is 0.322 e. The van der Waals surface area contributed by atoms with Gasteiger partial charge in [-0.2, -0.15) is 10.1 Å². The van der Waals surface area contributed by atoms with Crippen molar-refractivity contribution in [2.45, 2.75) is 6.92 Å². The molecule has 6 heteroatoms. The average Bonchev–Trinajstić information content (AvgIpc) is 2.96. The van der Waals surface area contributed by atoms with Crippen LogP contribution in [0.2, 0.25) is 0 Å². The van der Waals surface area contributed by atoms with E-state index in [-0.39, 0.29) is 11.8 Å². The van der Waals surface area contributed by atoms with Crippen LogP contribution >= 0.6 is 0 Å². The Bertz CT molecular complexity index is 728. The third-order valence-electron chi connectivity index (χ3n) is 2.77. The second-order valence-corrected chi connectivity index (χ2v) is 4.22. The molecule has 1 aromatic carbocycles. The highest BCUT2D eigenvalue weighted by molar-refractivity contribution is 5.56. The van der Waals surface area contributed by atoms with Gasteiger partial charge in [0.25, 0.3) is 0 Å². The maximum absolute atomic E-state index is 13.0. The smallest absolute Gasteiger partial charge is 0.322 e. The van der Waals surface area contributed by atoms with Gasteiger partial charge in [0, 0.05) is 18.0 Å². The van der Waals surface area contributed by atoms with Crippen molar-refractivity contribution in [3.8, 4) is 23.0 Å². The minimum atomic E-state index is -0.303. The molecule has 0 spiro atoms. The average molecular weight is 270 g/mol. The largest absolute Gasteiger partial charge is 0.424 e. The number of H-pyrrole nitrogens is 1. The molecular formula is C14H11FN4O. The zero-order chi connectivity index (χ0) is 13.9. The van der Waals surface area contributed by atoms with Crippen LogP contribution < -0.4 is 4.74 Å². The van der Waals surface area contributed by atoms with E-state index >= 15 is 0 Å². The topological polar surface area (TPSA) is 63.7 Å². The van der Waals surface area contributed by atoms with Crippen LogP contribution in [0.3, 0.4) is 0 Å². The number of nitrogens with one attached hydrogen (secondary N) is 1. The van der Waals surface area contributed by atoms with Gasteiger partial charge in [-0.3, -0.25) is 5.10 Å². The summed E-state index contributed by atoms with van der Waals surface area (Å²) in [6.07, 6.45) is 4.99. The van der Waals surface area contributed by atoms with Gasteiger partial charge in [-0.25, -0.2) is 9.37 Å². The second kappa shape index (κ2) is 5.08. The summed E-state index contributed by atoms with van der Waals surface area (Å²) in [6, 6.07) is 6.25. The number of benzene rings is 1. The molecule has 0 saturated carbocycles. The molecule has 1 N–H and O–H groups in total. The van der Waals surface area contributed by atoms with Gasteiger partial charge in [-0.15, -0.1) is 0 Å². The van der Waals surface area contributed by atoms with E-state index in [0.717, 1.165) is 5.56 Å². The normalized spacial score (nSPS) is 10.5. The van der Waals surface area contributed by atoms with Crippen LogP contribution in [0.25, 0.3) is 11.3 Å². The Morgan fingerprint density at radius 1 is 1.25 bits per heavy atom. The van der Waals surface area contributed by atoms with Crippen LogP contribution in [0.4, 0.5) is 4.39 Å². The Morgan fingerprint density at radius 3 is 2.90 bits per heavy atom. The molecule has 100 valence electrons. The lowest BCUT2D eigenvalue weighted by atomic mass is 10.2. The molecule has 5 nitrogen and oxygen atoms in total. The molecule has 3 aromatic rings. The van der Waals surface area contributed by atoms with Crippen molar-refractivity contribution in [2.24, 2.45) is 0 Å². The van der Waals surface area contributed by atoms with E-state index in [9.17, 15) is 4.39 Å². The van der Waals surface area contributed by atoms with Gasteiger partial charge >= 0.3 is 6.01 Å². The van der Waals surface area contributed by atoms with Gasteiger partial charge in [-0.05, 0) is 36.8 Å². The molecule has 0 aliphatic rings. The van der Waals surface area contributed by atoms with E-state index < -0.39 is 0 Å². The lowest BCUT2D eigenvalue weighted by Crippen LogP contribution is -1.95. The van der Waals surface area contributed by atoms with Crippen molar-refractivity contribution >= 4 is 0 Å². The van der Waals surface area contributed by atoms with Gasteiger partial charge < -0.3 is 4.74 Å². The third-order valence-corrected chi connectivity index (χ3v) is 2.77. The van der Waals surface area contributed by atoms with E-state index in [1.54, 1.807) is 37.6 Å². The van der Waals surface area contributed by atoms with Crippen LogP contribution in [-0.4, -0.2) is 20.2 Å². The van der Waals surface area contributed by atoms with Crippen molar-refractivity contribution in [1.29, 1.82) is 0 Å². The molecule has 2 aromatic heterocycles. The molecular weight excluding hydrogens is 259 g/mol. The zero-order valence-corrected chi connectivity index (χ0v) is 10.7. The third kappa shape index (κ3) is 2.49. The molecule has 0 aliphatic carbocycles. The van der Waals surface area contributed by atoms with E-state index in [1.807, 2.05) is 0 Å². The molecule has 0 unspecified atom stereocenters. The summed E-state index contributed by atoms with van der Waals surface area (Å²) in [5.74, 6) is 0.221. The van der Waals surface area contributed by atoms with Crippen molar-refractivity contribution < 1.29 is 9.13 Å². The van der Waals surface area contributed by atoms with Gasteiger partial charge in [0.05, 0.1) is 11.9 Å². The first-order valence-corrected chi connectivity index (χ1v) is 5.98. The van der Waals surface area contributed by atoms with Crippen LogP contribution in [0.1, 0.15) is 5.56 Å². The molecule has 0 amide bonds. The summed E-state index contributed by atoms with van der Waals surface area (Å²) in [5, 5.41) is 6.59. The number of hydrogen-bond donors (Lipinski definition) is 1. The molecule has 20 heavy (non-hydrogen) atoms. The predicted molar refractivity (Wildman–Crippen MR) is 70.8 cm³/mol. The van der Waals surface area contributed by atoms with E-state index in [0.29, 0.717) is 17.0 Å². The Labute approximate surface area is 114 Å². The van der Waals surface area contributed by atoms with Crippen molar-refractivity contribution in [3.05, 3.63) is 54.2 Å². The fourth-order valence-corrected chi connectivity index (χ4v) is 1.77. The highest BCUT2D eigenvalue weighted by Crippen LogP contribution is 2.24. The number of rotatable bonds is 3. The summed E-state index contributed by atoms with van der Waals surface area (Å²) < 4.78 is 18.6. The minimum Gasteiger partial charge on any atom is -0.424 e. The highest BCUT2D eigenvalue weighted by Gasteiger charge is 2.07. The molecule has 2 heterocycles. The van der Waals surface area contributed by atoms with E-state index in [1.165, 1.54) is 12.1 Å². The molecule has 0 fully saturated rings. The van der Waals surface area contributed by atoms with E-state index in [4.69, 9.17) is 4.74 Å². The summed E-state index contributed by atoms with van der Waals surface area (Å²) in [5.41, 5.74) is 2.22. The van der Waals surface area contributed by atoms with E-state index in [2.05, 4.69) is 20.2 Å². The number of ether oxygens (including phenoxy) is 1. The van der Waals surface area contributed by atoms with Gasteiger partial charge in [0.15, 0.2) is 0 Å². The molecule has 0 radical (unpaired) electrons. The SMILES string of the molecule is Cc1cc(F)ccc1Oc1nccc(-c2cn[nH]c2)n1. The van der Waals surface area contributed by atoms with Gasteiger partial charge in [0.1, 0.15) is 11.6 Å². The van der Waals surface area contributed by atoms with Crippen LogP contribution in [0, 0.1) is 12.7 Å². The van der Waals surface area contributed by atoms with Crippen LogP contribution in [-0.2, 0) is 0 Å². The fraction of sp³-hybridized carbons (Fsp3) is 0.0714. The van der Waals surface area contributed by atoms with Gasteiger partial charge in [0.2, 0.25) is 0 Å². The number of aryl methyl sites for hydroxylation is 1. The Morgan fingerprint density at radius 2 is 2.15 bits per heavy atom. The summed E-state index contributed by atoms with van der Waals surface area (Å²) in [7, 11) is 0. The second-order valence-electron chi connectivity index (χ2n) is 4.22. The first-order valence-electron chi connectivity index (χ1n) is 5.98. The highest BCUT2D eigenvalue weighted by atomic mass is 19.1. The van der Waals surface area contributed by atoms with Gasteiger partial charge in [-0.1, -0.05) is 0 Å². The predicted octanol–water partition coefficient (Wildman–Crippen LogP) is 3.11. The summed E-state index contributed by atoms with van der Waals surface area (Å²) in [4.78, 5) is 8.34. The quantitative estimate of drug-likeness (QED) is 0.794. The minimum absolute atomic E-state index is 0.207.